The Labute approximate surface area is 114 Å². The summed E-state index contributed by atoms with van der Waals surface area (Å²) in [5.41, 5.74) is 9.09. The van der Waals surface area contributed by atoms with Crippen molar-refractivity contribution in [2.45, 2.75) is 6.54 Å². The monoisotopic (exact) mass is 271 g/mol. The molecule has 0 saturated heterocycles. The second-order valence-electron chi connectivity index (χ2n) is 4.10. The first kappa shape index (κ1) is 11.7. The Morgan fingerprint density at radius 2 is 2.11 bits per heavy atom. The number of nitrogen functional groups attached to an aromatic ring is 1. The summed E-state index contributed by atoms with van der Waals surface area (Å²) in [5, 5.41) is 11.0. The summed E-state index contributed by atoms with van der Waals surface area (Å²) in [6.45, 7) is 0.692. The van der Waals surface area contributed by atoms with Crippen LogP contribution in [0.25, 0.3) is 11.1 Å². The maximum atomic E-state index is 5.96. The number of hydrogen-bond donors (Lipinski definition) is 3. The minimum absolute atomic E-state index is 0.561. The normalized spacial score (nSPS) is 10.5. The highest BCUT2D eigenvalue weighted by atomic mass is 32.1. The second-order valence-corrected chi connectivity index (χ2v) is 4.87. The van der Waals surface area contributed by atoms with Crippen molar-refractivity contribution in [3.63, 3.8) is 0 Å². The number of rotatable bonds is 4. The molecule has 1 aromatic carbocycles. The molecule has 0 saturated carbocycles. The fraction of sp³-hybridized carbons (Fsp3) is 0.0769. The Bertz CT molecular complexity index is 645. The van der Waals surface area contributed by atoms with Gasteiger partial charge in [0.25, 0.3) is 0 Å². The average molecular weight is 271 g/mol. The van der Waals surface area contributed by atoms with Gasteiger partial charge in [0.1, 0.15) is 10.8 Å². The van der Waals surface area contributed by atoms with Gasteiger partial charge in [0.2, 0.25) is 0 Å². The van der Waals surface area contributed by atoms with E-state index >= 15 is 0 Å². The maximum absolute atomic E-state index is 5.96. The first-order chi connectivity index (χ1) is 9.34. The molecular formula is C13H13N5S. The average Bonchev–Trinajstić information content (AvgIpc) is 3.07. The molecule has 3 rings (SSSR count). The summed E-state index contributed by atoms with van der Waals surface area (Å²) in [6, 6.07) is 10.0. The number of nitrogens with two attached hydrogens (primary N) is 1. The van der Waals surface area contributed by atoms with Crippen LogP contribution in [0.3, 0.4) is 0 Å². The summed E-state index contributed by atoms with van der Waals surface area (Å²) >= 11 is 1.38. The Morgan fingerprint density at radius 1 is 1.26 bits per heavy atom. The van der Waals surface area contributed by atoms with Gasteiger partial charge in [-0.3, -0.25) is 5.10 Å². The fourth-order valence-electron chi connectivity index (χ4n) is 1.86. The molecule has 0 fully saturated rings. The molecule has 0 spiro atoms. The molecule has 5 nitrogen and oxygen atoms in total. The minimum Gasteiger partial charge on any atom is -0.382 e. The van der Waals surface area contributed by atoms with Crippen LogP contribution in [0.4, 0.5) is 10.8 Å². The lowest BCUT2D eigenvalue weighted by Gasteiger charge is -2.06. The molecule has 2 heterocycles. The van der Waals surface area contributed by atoms with Gasteiger partial charge in [-0.25, -0.2) is 0 Å². The van der Waals surface area contributed by atoms with Crippen LogP contribution in [0, 0.1) is 0 Å². The van der Waals surface area contributed by atoms with E-state index in [1.54, 1.807) is 6.20 Å². The number of aromatic nitrogens is 3. The molecule has 0 aliphatic rings. The number of benzene rings is 1. The van der Waals surface area contributed by atoms with Gasteiger partial charge in [-0.15, -0.1) is 0 Å². The third-order valence-corrected chi connectivity index (χ3v) is 3.61. The standard InChI is InChI=1S/C13H13N5S/c14-12-11(10-4-2-1-3-5-10)13(19-18-12)15-6-9-7-16-17-8-9/h1-5,7-8,15H,6H2,(H2,14,18)(H,16,17). The molecule has 0 atom stereocenters. The van der Waals surface area contributed by atoms with Crippen LogP contribution in [-0.2, 0) is 6.54 Å². The molecule has 4 N–H and O–H groups in total. The van der Waals surface area contributed by atoms with E-state index in [0.29, 0.717) is 12.4 Å². The van der Waals surface area contributed by atoms with Crippen molar-refractivity contribution in [1.29, 1.82) is 0 Å². The fourth-order valence-corrected chi connectivity index (χ4v) is 2.59. The SMILES string of the molecule is Nc1nsc(NCc2cn[nH]c2)c1-c1ccccc1. The third kappa shape index (κ3) is 2.43. The summed E-state index contributed by atoms with van der Waals surface area (Å²) in [5.74, 6) is 0.561. The van der Waals surface area contributed by atoms with Crippen LogP contribution < -0.4 is 11.1 Å². The predicted molar refractivity (Wildman–Crippen MR) is 77.9 cm³/mol. The number of H-pyrrole nitrogens is 1. The zero-order valence-corrected chi connectivity index (χ0v) is 10.9. The second kappa shape index (κ2) is 5.11. The van der Waals surface area contributed by atoms with Crippen LogP contribution in [0.5, 0.6) is 0 Å². The van der Waals surface area contributed by atoms with Crippen molar-refractivity contribution in [3.05, 3.63) is 48.3 Å². The van der Waals surface area contributed by atoms with Crippen LogP contribution in [0.1, 0.15) is 5.56 Å². The molecule has 6 heteroatoms. The van der Waals surface area contributed by atoms with Crippen molar-refractivity contribution < 1.29 is 0 Å². The molecule has 0 unspecified atom stereocenters. The number of nitrogens with one attached hydrogen (secondary N) is 2. The summed E-state index contributed by atoms with van der Waals surface area (Å²) in [7, 11) is 0. The minimum atomic E-state index is 0.561. The largest absolute Gasteiger partial charge is 0.382 e. The molecular weight excluding hydrogens is 258 g/mol. The topological polar surface area (TPSA) is 79.6 Å². The molecule has 3 aromatic rings. The van der Waals surface area contributed by atoms with E-state index in [1.165, 1.54) is 11.5 Å². The van der Waals surface area contributed by atoms with E-state index in [4.69, 9.17) is 5.73 Å². The first-order valence-electron chi connectivity index (χ1n) is 5.86. The van der Waals surface area contributed by atoms with E-state index in [1.807, 2.05) is 36.5 Å². The predicted octanol–water partition coefficient (Wildman–Crippen LogP) is 2.73. The Hall–Kier alpha value is -2.34. The van der Waals surface area contributed by atoms with Gasteiger partial charge in [-0.2, -0.15) is 9.47 Å². The Morgan fingerprint density at radius 3 is 2.84 bits per heavy atom. The molecule has 96 valence electrons. The van der Waals surface area contributed by atoms with Gasteiger partial charge >= 0.3 is 0 Å². The van der Waals surface area contributed by atoms with E-state index < -0.39 is 0 Å². The molecule has 2 aromatic heterocycles. The van der Waals surface area contributed by atoms with Gasteiger partial charge in [-0.05, 0) is 17.1 Å². The molecule has 0 aliphatic carbocycles. The number of hydrogen-bond acceptors (Lipinski definition) is 5. The smallest absolute Gasteiger partial charge is 0.147 e. The Kier molecular flexibility index (Phi) is 3.16. The van der Waals surface area contributed by atoms with Crippen LogP contribution >= 0.6 is 11.5 Å². The zero-order chi connectivity index (χ0) is 13.1. The lowest BCUT2D eigenvalue weighted by Crippen LogP contribution is -1.98. The quantitative estimate of drug-likeness (QED) is 0.681. The number of aromatic amines is 1. The first-order valence-corrected chi connectivity index (χ1v) is 6.64. The zero-order valence-electron chi connectivity index (χ0n) is 10.1. The molecule has 0 amide bonds. The molecule has 0 radical (unpaired) electrons. The van der Waals surface area contributed by atoms with Crippen molar-refractivity contribution in [3.8, 4) is 11.1 Å². The highest BCUT2D eigenvalue weighted by molar-refractivity contribution is 7.11. The van der Waals surface area contributed by atoms with Crippen LogP contribution in [0.15, 0.2) is 42.7 Å². The van der Waals surface area contributed by atoms with E-state index in [2.05, 4.69) is 19.9 Å². The van der Waals surface area contributed by atoms with E-state index in [0.717, 1.165) is 21.7 Å². The summed E-state index contributed by atoms with van der Waals surface area (Å²) in [6.07, 6.45) is 3.65. The number of nitrogens with zero attached hydrogens (tertiary/aromatic N) is 2. The summed E-state index contributed by atoms with van der Waals surface area (Å²) in [4.78, 5) is 0. The number of anilines is 2. The highest BCUT2D eigenvalue weighted by Crippen LogP contribution is 2.36. The van der Waals surface area contributed by atoms with E-state index in [9.17, 15) is 0 Å². The van der Waals surface area contributed by atoms with Gasteiger partial charge in [0.15, 0.2) is 0 Å². The molecule has 0 aliphatic heterocycles. The van der Waals surface area contributed by atoms with Crippen molar-refractivity contribution in [2.24, 2.45) is 0 Å². The van der Waals surface area contributed by atoms with Crippen molar-refractivity contribution in [2.75, 3.05) is 11.1 Å². The van der Waals surface area contributed by atoms with E-state index in [-0.39, 0.29) is 0 Å². The van der Waals surface area contributed by atoms with Gasteiger partial charge in [0.05, 0.1) is 11.8 Å². The van der Waals surface area contributed by atoms with Gasteiger partial charge in [0, 0.05) is 18.3 Å². The molecule has 19 heavy (non-hydrogen) atoms. The van der Waals surface area contributed by atoms with Crippen LogP contribution in [0.2, 0.25) is 0 Å². The highest BCUT2D eigenvalue weighted by Gasteiger charge is 2.13. The van der Waals surface area contributed by atoms with Crippen molar-refractivity contribution in [1.82, 2.24) is 14.6 Å². The lowest BCUT2D eigenvalue weighted by molar-refractivity contribution is 1.09. The molecule has 0 bridgehead atoms. The van der Waals surface area contributed by atoms with Gasteiger partial charge in [-0.1, -0.05) is 30.3 Å². The van der Waals surface area contributed by atoms with Crippen molar-refractivity contribution >= 4 is 22.4 Å². The Balaban J connectivity index is 1.87. The van der Waals surface area contributed by atoms with Gasteiger partial charge < -0.3 is 11.1 Å². The summed E-state index contributed by atoms with van der Waals surface area (Å²) < 4.78 is 4.23. The maximum Gasteiger partial charge on any atom is 0.147 e. The van der Waals surface area contributed by atoms with Crippen LogP contribution in [-0.4, -0.2) is 14.6 Å². The lowest BCUT2D eigenvalue weighted by atomic mass is 10.1. The third-order valence-electron chi connectivity index (χ3n) is 2.79.